The fraction of sp³-hybridized carbons (Fsp3) is 0.0909. The highest BCUT2D eigenvalue weighted by Crippen LogP contribution is 2.51. The van der Waals surface area contributed by atoms with Crippen molar-refractivity contribution in [2.45, 2.75) is 12.3 Å². The number of fused-ring (bicyclic) bond motifs is 1. The molecule has 0 unspecified atom stereocenters. The van der Waals surface area contributed by atoms with Gasteiger partial charge in [-0.1, -0.05) is 97.1 Å². The second-order valence-electron chi connectivity index (χ2n) is 9.16. The Kier molecular flexibility index (Phi) is 5.46. The van der Waals surface area contributed by atoms with Crippen molar-refractivity contribution in [2.24, 2.45) is 0 Å². The van der Waals surface area contributed by atoms with Gasteiger partial charge in [0.05, 0.1) is 7.11 Å². The number of benzene rings is 4. The van der Waals surface area contributed by atoms with E-state index in [-0.39, 0.29) is 0 Å². The summed E-state index contributed by atoms with van der Waals surface area (Å²) < 4.78 is 6.01. The number of aromatic amines is 2. The molecule has 0 saturated heterocycles. The molecule has 0 aliphatic heterocycles. The largest absolute Gasteiger partial charge is 0.496 e. The van der Waals surface area contributed by atoms with Gasteiger partial charge in [-0.3, -0.25) is 0 Å². The molecule has 2 aromatic heterocycles. The van der Waals surface area contributed by atoms with Crippen LogP contribution in [0.25, 0.3) is 22.0 Å². The molecule has 3 nitrogen and oxygen atoms in total. The summed E-state index contributed by atoms with van der Waals surface area (Å²) in [6.07, 6.45) is 0. The lowest BCUT2D eigenvalue weighted by molar-refractivity contribution is 0.404. The number of nitrogens with one attached hydrogen (secondary N) is 2. The fourth-order valence-corrected chi connectivity index (χ4v) is 5.56. The monoisotopic (exact) mass is 468 g/mol. The average Bonchev–Trinajstić information content (AvgIpc) is 3.55. The maximum atomic E-state index is 6.01. The second-order valence-corrected chi connectivity index (χ2v) is 9.16. The zero-order valence-corrected chi connectivity index (χ0v) is 20.5. The Bertz CT molecular complexity index is 1630. The van der Waals surface area contributed by atoms with Gasteiger partial charge >= 0.3 is 0 Å². The van der Waals surface area contributed by atoms with Crippen LogP contribution < -0.4 is 4.74 Å². The van der Waals surface area contributed by atoms with Crippen molar-refractivity contribution >= 4 is 10.9 Å². The lowest BCUT2D eigenvalue weighted by Crippen LogP contribution is -2.33. The highest BCUT2D eigenvalue weighted by molar-refractivity contribution is 5.99. The van der Waals surface area contributed by atoms with Gasteiger partial charge in [-0.05, 0) is 42.3 Å². The van der Waals surface area contributed by atoms with Crippen LogP contribution in [0.15, 0.2) is 121 Å². The molecule has 4 aromatic carbocycles. The number of hydrogen-bond donors (Lipinski definition) is 2. The minimum Gasteiger partial charge on any atom is -0.496 e. The van der Waals surface area contributed by atoms with E-state index in [0.717, 1.165) is 39.5 Å². The zero-order valence-electron chi connectivity index (χ0n) is 20.5. The van der Waals surface area contributed by atoms with Gasteiger partial charge in [-0.25, -0.2) is 0 Å². The van der Waals surface area contributed by atoms with Crippen molar-refractivity contribution in [3.8, 4) is 16.9 Å². The third-order valence-electron chi connectivity index (χ3n) is 7.10. The fourth-order valence-electron chi connectivity index (χ4n) is 5.56. The van der Waals surface area contributed by atoms with Gasteiger partial charge in [0, 0.05) is 39.1 Å². The molecule has 0 bridgehead atoms. The van der Waals surface area contributed by atoms with Crippen molar-refractivity contribution in [3.63, 3.8) is 0 Å². The van der Waals surface area contributed by atoms with Crippen LogP contribution in [0.2, 0.25) is 0 Å². The lowest BCUT2D eigenvalue weighted by atomic mass is 9.67. The standard InChI is InChI=1S/C33H28N2O/c1-23-21-22-30(34-23)33(25-15-7-4-8-16-25,27-18-10-12-20-29(27)36-2)32-31(24-13-5-3-6-14-24)26-17-9-11-19-28(26)35-32/h3-22,34-35H,1-2H3/t33-/m0/s1. The quantitative estimate of drug-likeness (QED) is 0.257. The van der Waals surface area contributed by atoms with E-state index >= 15 is 0 Å². The van der Waals surface area contributed by atoms with E-state index in [1.807, 2.05) is 12.1 Å². The Morgan fingerprint density at radius 3 is 2.03 bits per heavy atom. The van der Waals surface area contributed by atoms with Crippen LogP contribution in [0.3, 0.4) is 0 Å². The third kappa shape index (κ3) is 3.36. The molecule has 6 rings (SSSR count). The number of rotatable bonds is 6. The Morgan fingerprint density at radius 2 is 1.31 bits per heavy atom. The first-order valence-corrected chi connectivity index (χ1v) is 12.2. The molecule has 1 atom stereocenters. The van der Waals surface area contributed by atoms with E-state index in [2.05, 4.69) is 126 Å². The molecule has 0 fully saturated rings. The molecule has 0 amide bonds. The van der Waals surface area contributed by atoms with Crippen LogP contribution in [-0.4, -0.2) is 17.1 Å². The summed E-state index contributed by atoms with van der Waals surface area (Å²) in [7, 11) is 1.75. The summed E-state index contributed by atoms with van der Waals surface area (Å²) in [5.41, 5.74) is 8.29. The molecule has 36 heavy (non-hydrogen) atoms. The maximum absolute atomic E-state index is 6.01. The Balaban J connectivity index is 1.85. The molecule has 2 N–H and O–H groups in total. The van der Waals surface area contributed by atoms with Gasteiger partial charge in [-0.15, -0.1) is 0 Å². The van der Waals surface area contributed by atoms with E-state index in [4.69, 9.17) is 4.74 Å². The van der Waals surface area contributed by atoms with Gasteiger partial charge < -0.3 is 14.7 Å². The molecule has 2 heterocycles. The maximum Gasteiger partial charge on any atom is 0.123 e. The van der Waals surface area contributed by atoms with Gasteiger partial charge in [0.2, 0.25) is 0 Å². The van der Waals surface area contributed by atoms with E-state index in [0.29, 0.717) is 0 Å². The van der Waals surface area contributed by atoms with Crippen molar-refractivity contribution in [1.29, 1.82) is 0 Å². The minimum absolute atomic E-state index is 0.688. The van der Waals surface area contributed by atoms with Crippen LogP contribution in [0, 0.1) is 6.92 Å². The molecule has 0 aliphatic rings. The predicted octanol–water partition coefficient (Wildman–Crippen LogP) is 7.86. The summed E-state index contributed by atoms with van der Waals surface area (Å²) >= 11 is 0. The Hall–Kier alpha value is -4.50. The average molecular weight is 469 g/mol. The normalized spacial score (nSPS) is 12.9. The summed E-state index contributed by atoms with van der Waals surface area (Å²) in [6, 6.07) is 42.6. The van der Waals surface area contributed by atoms with Gasteiger partial charge in [-0.2, -0.15) is 0 Å². The molecule has 0 spiro atoms. The Labute approximate surface area is 211 Å². The molecular weight excluding hydrogens is 440 g/mol. The number of hydrogen-bond acceptors (Lipinski definition) is 1. The first-order chi connectivity index (χ1) is 17.7. The van der Waals surface area contributed by atoms with E-state index in [1.165, 1.54) is 16.5 Å². The van der Waals surface area contributed by atoms with E-state index in [1.54, 1.807) is 7.11 Å². The molecule has 176 valence electrons. The summed E-state index contributed by atoms with van der Waals surface area (Å²) in [5.74, 6) is 0.839. The number of para-hydroxylation sites is 2. The van der Waals surface area contributed by atoms with Crippen LogP contribution in [-0.2, 0) is 5.41 Å². The van der Waals surface area contributed by atoms with Crippen molar-refractivity contribution in [1.82, 2.24) is 9.97 Å². The van der Waals surface area contributed by atoms with Crippen LogP contribution in [0.1, 0.15) is 28.2 Å². The molecule has 0 aliphatic carbocycles. The number of H-pyrrole nitrogens is 2. The summed E-state index contributed by atoms with van der Waals surface area (Å²) in [5, 5.41) is 1.19. The Morgan fingerprint density at radius 1 is 0.639 bits per heavy atom. The van der Waals surface area contributed by atoms with Crippen LogP contribution in [0.5, 0.6) is 5.75 Å². The molecule has 3 heteroatoms. The number of methoxy groups -OCH3 is 1. The molecule has 0 saturated carbocycles. The SMILES string of the molecule is COc1ccccc1[C@@](c1ccccc1)(c1ccc(C)[nH]1)c1[nH]c2ccccc2c1-c1ccccc1. The van der Waals surface area contributed by atoms with Crippen LogP contribution >= 0.6 is 0 Å². The number of aryl methyl sites for hydroxylation is 1. The van der Waals surface area contributed by atoms with Gasteiger partial charge in [0.1, 0.15) is 11.2 Å². The van der Waals surface area contributed by atoms with E-state index in [9.17, 15) is 0 Å². The first kappa shape index (κ1) is 22.0. The number of aromatic nitrogens is 2. The number of ether oxygens (including phenoxy) is 1. The predicted molar refractivity (Wildman–Crippen MR) is 148 cm³/mol. The topological polar surface area (TPSA) is 40.8 Å². The summed E-state index contributed by atoms with van der Waals surface area (Å²) in [6.45, 7) is 2.10. The first-order valence-electron chi connectivity index (χ1n) is 12.2. The van der Waals surface area contributed by atoms with E-state index < -0.39 is 5.41 Å². The summed E-state index contributed by atoms with van der Waals surface area (Å²) in [4.78, 5) is 7.60. The smallest absolute Gasteiger partial charge is 0.123 e. The lowest BCUT2D eigenvalue weighted by Gasteiger charge is -2.36. The van der Waals surface area contributed by atoms with Gasteiger partial charge in [0.15, 0.2) is 0 Å². The molecule has 0 radical (unpaired) electrons. The minimum atomic E-state index is -0.688. The molecular formula is C33H28N2O. The molecule has 6 aromatic rings. The van der Waals surface area contributed by atoms with Crippen molar-refractivity contribution < 1.29 is 4.74 Å². The second kappa shape index (κ2) is 8.94. The third-order valence-corrected chi connectivity index (χ3v) is 7.10. The van der Waals surface area contributed by atoms with Crippen molar-refractivity contribution in [2.75, 3.05) is 7.11 Å². The highest BCUT2D eigenvalue weighted by atomic mass is 16.5. The van der Waals surface area contributed by atoms with Gasteiger partial charge in [0.25, 0.3) is 0 Å². The zero-order chi connectivity index (χ0) is 24.5. The van der Waals surface area contributed by atoms with Crippen LogP contribution in [0.4, 0.5) is 0 Å². The van der Waals surface area contributed by atoms with Crippen molar-refractivity contribution in [3.05, 3.63) is 150 Å². The highest BCUT2D eigenvalue weighted by Gasteiger charge is 2.45.